The van der Waals surface area contributed by atoms with Crippen molar-refractivity contribution >= 4 is 11.8 Å². The van der Waals surface area contributed by atoms with Crippen LogP contribution in [-0.2, 0) is 16.1 Å². The summed E-state index contributed by atoms with van der Waals surface area (Å²) in [5.74, 6) is 1.50. The van der Waals surface area contributed by atoms with Crippen molar-refractivity contribution in [2.75, 3.05) is 6.54 Å². The van der Waals surface area contributed by atoms with Crippen LogP contribution in [0.15, 0.2) is 10.6 Å². The number of hydrogen-bond donors (Lipinski definition) is 1. The lowest BCUT2D eigenvalue weighted by molar-refractivity contribution is -0.134. The van der Waals surface area contributed by atoms with Crippen molar-refractivity contribution in [2.24, 2.45) is 5.92 Å². The molecule has 2 heterocycles. The number of nitrogens with zero attached hydrogens (tertiary/aromatic N) is 2. The minimum Gasteiger partial charge on any atom is -0.444 e. The highest BCUT2D eigenvalue weighted by molar-refractivity contribution is 5.90. The van der Waals surface area contributed by atoms with E-state index in [9.17, 15) is 9.59 Å². The van der Waals surface area contributed by atoms with Crippen LogP contribution in [0.5, 0.6) is 0 Å². The van der Waals surface area contributed by atoms with Crippen molar-refractivity contribution in [1.82, 2.24) is 15.2 Å². The third kappa shape index (κ3) is 2.62. The molecule has 1 aromatic rings. The summed E-state index contributed by atoms with van der Waals surface area (Å²) in [5, 5.41) is 2.83. The van der Waals surface area contributed by atoms with E-state index in [1.165, 1.54) is 0 Å². The van der Waals surface area contributed by atoms with Gasteiger partial charge in [-0.3, -0.25) is 9.59 Å². The van der Waals surface area contributed by atoms with Gasteiger partial charge in [0.2, 0.25) is 17.7 Å². The van der Waals surface area contributed by atoms with Crippen LogP contribution in [0.2, 0.25) is 0 Å². The molecule has 6 nitrogen and oxygen atoms in total. The molecule has 3 rings (SSSR count). The number of carbonyl (C=O) groups is 2. The minimum atomic E-state index is -0.356. The Kier molecular flexibility index (Phi) is 3.00. The van der Waals surface area contributed by atoms with Gasteiger partial charge < -0.3 is 14.6 Å². The highest BCUT2D eigenvalue weighted by Crippen LogP contribution is 2.34. The van der Waals surface area contributed by atoms with E-state index < -0.39 is 0 Å². The topological polar surface area (TPSA) is 75.4 Å². The molecule has 2 fully saturated rings. The molecule has 0 radical (unpaired) electrons. The smallest absolute Gasteiger partial charge is 0.245 e. The zero-order chi connectivity index (χ0) is 13.4. The second-order valence-electron chi connectivity index (χ2n) is 5.26. The summed E-state index contributed by atoms with van der Waals surface area (Å²) in [4.78, 5) is 29.9. The first-order valence-corrected chi connectivity index (χ1v) is 6.63. The lowest BCUT2D eigenvalue weighted by Gasteiger charge is -2.22. The fourth-order valence-corrected chi connectivity index (χ4v) is 2.39. The van der Waals surface area contributed by atoms with Crippen molar-refractivity contribution in [3.8, 4) is 0 Å². The molecule has 0 aromatic carbocycles. The first-order valence-electron chi connectivity index (χ1n) is 6.63. The third-order valence-corrected chi connectivity index (χ3v) is 3.59. The fourth-order valence-electron chi connectivity index (χ4n) is 2.39. The molecule has 1 saturated heterocycles. The van der Waals surface area contributed by atoms with E-state index in [0.717, 1.165) is 18.6 Å². The predicted molar refractivity (Wildman–Crippen MR) is 65.9 cm³/mol. The van der Waals surface area contributed by atoms with Gasteiger partial charge in [-0.05, 0) is 25.7 Å². The molecule has 0 spiro atoms. The number of aryl methyl sites for hydroxylation is 1. The van der Waals surface area contributed by atoms with E-state index in [2.05, 4.69) is 10.3 Å². The summed E-state index contributed by atoms with van der Waals surface area (Å²) < 4.78 is 5.40. The molecule has 102 valence electrons. The molecule has 1 saturated carbocycles. The highest BCUT2D eigenvalue weighted by Gasteiger charge is 2.41. The number of nitrogens with one attached hydrogen (secondary N) is 1. The molecule has 19 heavy (non-hydrogen) atoms. The largest absolute Gasteiger partial charge is 0.444 e. The standard InChI is InChI=1S/C13H17N3O3/c1-8-6-14-11(19-8)7-16-5-4-10(17)15-12(13(16)18)9-2-3-9/h6,9,12H,2-5,7H2,1H3,(H,15,17). The molecule has 1 unspecified atom stereocenters. The van der Waals surface area contributed by atoms with E-state index in [1.807, 2.05) is 6.92 Å². The number of carbonyl (C=O) groups excluding carboxylic acids is 2. The van der Waals surface area contributed by atoms with Crippen molar-refractivity contribution in [3.63, 3.8) is 0 Å². The number of aromatic nitrogens is 1. The maximum absolute atomic E-state index is 12.4. The van der Waals surface area contributed by atoms with E-state index in [4.69, 9.17) is 4.42 Å². The number of amides is 2. The summed E-state index contributed by atoms with van der Waals surface area (Å²) in [6, 6.07) is -0.356. The molecule has 2 aliphatic rings. The zero-order valence-electron chi connectivity index (χ0n) is 10.9. The number of oxazole rings is 1. The molecule has 6 heteroatoms. The number of rotatable bonds is 3. The lowest BCUT2D eigenvalue weighted by Crippen LogP contribution is -2.45. The maximum Gasteiger partial charge on any atom is 0.245 e. The van der Waals surface area contributed by atoms with Gasteiger partial charge in [0.15, 0.2) is 0 Å². The van der Waals surface area contributed by atoms with Gasteiger partial charge in [0, 0.05) is 13.0 Å². The minimum absolute atomic E-state index is 0.01000. The Balaban J connectivity index is 1.75. The molecule has 2 amide bonds. The molecule has 1 aliphatic heterocycles. The van der Waals surface area contributed by atoms with Gasteiger partial charge in [0.05, 0.1) is 12.7 Å². The average Bonchev–Trinajstić information content (AvgIpc) is 3.14. The van der Waals surface area contributed by atoms with Crippen LogP contribution in [0.3, 0.4) is 0 Å². The number of hydrogen-bond acceptors (Lipinski definition) is 4. The highest BCUT2D eigenvalue weighted by atomic mass is 16.4. The van der Waals surface area contributed by atoms with E-state index in [1.54, 1.807) is 11.1 Å². The first-order chi connectivity index (χ1) is 9.13. The van der Waals surface area contributed by atoms with Gasteiger partial charge in [-0.1, -0.05) is 0 Å². The van der Waals surface area contributed by atoms with Crippen LogP contribution >= 0.6 is 0 Å². The van der Waals surface area contributed by atoms with Gasteiger partial charge in [-0.15, -0.1) is 0 Å². The van der Waals surface area contributed by atoms with E-state index in [-0.39, 0.29) is 17.9 Å². The van der Waals surface area contributed by atoms with Crippen molar-refractivity contribution in [3.05, 3.63) is 17.8 Å². The van der Waals surface area contributed by atoms with Gasteiger partial charge in [0.25, 0.3) is 0 Å². The monoisotopic (exact) mass is 263 g/mol. The fraction of sp³-hybridized carbons (Fsp3) is 0.615. The third-order valence-electron chi connectivity index (χ3n) is 3.59. The maximum atomic E-state index is 12.4. The lowest BCUT2D eigenvalue weighted by atomic mass is 10.1. The second kappa shape index (κ2) is 4.68. The summed E-state index contributed by atoms with van der Waals surface area (Å²) >= 11 is 0. The molecular weight excluding hydrogens is 246 g/mol. The van der Waals surface area contributed by atoms with Crippen molar-refractivity contribution in [1.29, 1.82) is 0 Å². The quantitative estimate of drug-likeness (QED) is 0.867. The predicted octanol–water partition coefficient (Wildman–Crippen LogP) is 0.610. The summed E-state index contributed by atoms with van der Waals surface area (Å²) in [5.41, 5.74) is 0. The molecule has 1 aliphatic carbocycles. The first kappa shape index (κ1) is 12.2. The van der Waals surface area contributed by atoms with Crippen LogP contribution in [0.4, 0.5) is 0 Å². The second-order valence-corrected chi connectivity index (χ2v) is 5.26. The summed E-state index contributed by atoms with van der Waals surface area (Å²) in [6.07, 6.45) is 4.01. The van der Waals surface area contributed by atoms with Crippen LogP contribution < -0.4 is 5.32 Å². The van der Waals surface area contributed by atoms with Crippen LogP contribution in [0.1, 0.15) is 30.9 Å². The Bertz CT molecular complexity index is 507. The van der Waals surface area contributed by atoms with Crippen molar-refractivity contribution < 1.29 is 14.0 Å². The van der Waals surface area contributed by atoms with E-state index >= 15 is 0 Å². The molecule has 1 aromatic heterocycles. The zero-order valence-corrected chi connectivity index (χ0v) is 10.9. The van der Waals surface area contributed by atoms with Gasteiger partial charge >= 0.3 is 0 Å². The molecule has 1 N–H and O–H groups in total. The van der Waals surface area contributed by atoms with E-state index in [0.29, 0.717) is 31.3 Å². The Morgan fingerprint density at radius 1 is 1.47 bits per heavy atom. The van der Waals surface area contributed by atoms with Gasteiger partial charge in [-0.2, -0.15) is 0 Å². The molecular formula is C13H17N3O3. The van der Waals surface area contributed by atoms with Gasteiger partial charge in [0.1, 0.15) is 11.8 Å². The Morgan fingerprint density at radius 2 is 2.26 bits per heavy atom. The average molecular weight is 263 g/mol. The van der Waals surface area contributed by atoms with Gasteiger partial charge in [-0.25, -0.2) is 4.98 Å². The Morgan fingerprint density at radius 3 is 2.89 bits per heavy atom. The molecule has 0 bridgehead atoms. The Labute approximate surface area is 111 Å². The van der Waals surface area contributed by atoms with Crippen LogP contribution in [0.25, 0.3) is 0 Å². The van der Waals surface area contributed by atoms with Crippen LogP contribution in [-0.4, -0.2) is 34.3 Å². The summed E-state index contributed by atoms with van der Waals surface area (Å²) in [7, 11) is 0. The normalized spacial score (nSPS) is 24.3. The SMILES string of the molecule is Cc1cnc(CN2CCC(=O)NC(C3CC3)C2=O)o1. The molecule has 1 atom stereocenters. The Hall–Kier alpha value is -1.85. The summed E-state index contributed by atoms with van der Waals surface area (Å²) in [6.45, 7) is 2.58. The van der Waals surface area contributed by atoms with Crippen LogP contribution in [0, 0.1) is 12.8 Å². The van der Waals surface area contributed by atoms with Crippen molar-refractivity contribution in [2.45, 2.75) is 38.8 Å².